The summed E-state index contributed by atoms with van der Waals surface area (Å²) >= 11 is 0. The van der Waals surface area contributed by atoms with Crippen molar-refractivity contribution in [3.05, 3.63) is 0 Å². The van der Waals surface area contributed by atoms with Crippen LogP contribution in [-0.2, 0) is 4.79 Å². The van der Waals surface area contributed by atoms with Crippen LogP contribution in [0.25, 0.3) is 0 Å². The van der Waals surface area contributed by atoms with E-state index in [0.717, 1.165) is 38.1 Å². The van der Waals surface area contributed by atoms with Crippen molar-refractivity contribution in [2.45, 2.75) is 71.8 Å². The molecule has 0 aliphatic heterocycles. The molecule has 0 unspecified atom stereocenters. The van der Waals surface area contributed by atoms with Gasteiger partial charge in [-0.15, -0.1) is 0 Å². The van der Waals surface area contributed by atoms with E-state index in [1.54, 1.807) is 0 Å². The number of carbonyl (C=O) groups is 1. The highest BCUT2D eigenvalue weighted by atomic mass is 16.1. The van der Waals surface area contributed by atoms with Crippen molar-refractivity contribution in [2.75, 3.05) is 6.54 Å². The molecule has 0 aromatic heterocycles. The van der Waals surface area contributed by atoms with Gasteiger partial charge in [-0.3, -0.25) is 4.79 Å². The summed E-state index contributed by atoms with van der Waals surface area (Å²) in [5.41, 5.74) is 0. The molecule has 2 heteroatoms. The molecule has 0 aromatic rings. The van der Waals surface area contributed by atoms with E-state index in [0.29, 0.717) is 17.7 Å². The van der Waals surface area contributed by atoms with Gasteiger partial charge in [0.1, 0.15) is 5.78 Å². The first-order valence-corrected chi connectivity index (χ1v) is 7.39. The largest absolute Gasteiger partial charge is 0.315 e. The van der Waals surface area contributed by atoms with Crippen molar-refractivity contribution in [2.24, 2.45) is 11.8 Å². The van der Waals surface area contributed by atoms with Gasteiger partial charge in [0, 0.05) is 18.4 Å². The fraction of sp³-hybridized carbons (Fsp3) is 0.933. The van der Waals surface area contributed by atoms with Crippen molar-refractivity contribution >= 4 is 5.78 Å². The Morgan fingerprint density at radius 3 is 2.41 bits per heavy atom. The van der Waals surface area contributed by atoms with Crippen LogP contribution in [0.2, 0.25) is 0 Å². The van der Waals surface area contributed by atoms with Crippen LogP contribution in [0.15, 0.2) is 0 Å². The molecule has 0 aromatic carbocycles. The Labute approximate surface area is 107 Å². The molecule has 1 aliphatic rings. The minimum Gasteiger partial charge on any atom is -0.315 e. The predicted octanol–water partition coefficient (Wildman–Crippen LogP) is 3.55. The van der Waals surface area contributed by atoms with E-state index >= 15 is 0 Å². The smallest absolute Gasteiger partial charge is 0.136 e. The van der Waals surface area contributed by atoms with E-state index in [-0.39, 0.29) is 0 Å². The molecule has 0 heterocycles. The molecule has 1 saturated carbocycles. The van der Waals surface area contributed by atoms with Crippen LogP contribution in [0.4, 0.5) is 0 Å². The SMILES string of the molecule is CCC1CCC(C(=O)CCCNC(C)C)CC1. The maximum absolute atomic E-state index is 12.0. The van der Waals surface area contributed by atoms with Gasteiger partial charge in [0.25, 0.3) is 0 Å². The fourth-order valence-corrected chi connectivity index (χ4v) is 2.75. The summed E-state index contributed by atoms with van der Waals surface area (Å²) in [5.74, 6) is 1.80. The Morgan fingerprint density at radius 1 is 1.24 bits per heavy atom. The molecule has 0 radical (unpaired) electrons. The summed E-state index contributed by atoms with van der Waals surface area (Å²) in [6.07, 6.45) is 7.92. The van der Waals surface area contributed by atoms with E-state index in [2.05, 4.69) is 26.1 Å². The molecule has 1 N–H and O–H groups in total. The lowest BCUT2D eigenvalue weighted by molar-refractivity contribution is -0.124. The van der Waals surface area contributed by atoms with Gasteiger partial charge in [0.15, 0.2) is 0 Å². The minimum atomic E-state index is 0.386. The van der Waals surface area contributed by atoms with Crippen molar-refractivity contribution < 1.29 is 4.79 Å². The van der Waals surface area contributed by atoms with E-state index < -0.39 is 0 Å². The molecule has 2 nitrogen and oxygen atoms in total. The fourth-order valence-electron chi connectivity index (χ4n) is 2.75. The summed E-state index contributed by atoms with van der Waals surface area (Å²) in [6.45, 7) is 7.54. The zero-order valence-electron chi connectivity index (χ0n) is 11.8. The topological polar surface area (TPSA) is 29.1 Å². The summed E-state index contributed by atoms with van der Waals surface area (Å²) in [4.78, 5) is 12.0. The van der Waals surface area contributed by atoms with Crippen LogP contribution in [0.1, 0.15) is 65.7 Å². The molecule has 0 atom stereocenters. The lowest BCUT2D eigenvalue weighted by Crippen LogP contribution is -2.26. The quantitative estimate of drug-likeness (QED) is 0.688. The standard InChI is InChI=1S/C15H29NO/c1-4-13-7-9-14(10-8-13)15(17)6-5-11-16-12(2)3/h12-14,16H,4-11H2,1-3H3. The monoisotopic (exact) mass is 239 g/mol. The second kappa shape index (κ2) is 7.86. The zero-order valence-corrected chi connectivity index (χ0v) is 11.8. The molecule has 0 saturated heterocycles. The Bertz CT molecular complexity index is 217. The maximum atomic E-state index is 12.0. The molecular formula is C15H29NO. The maximum Gasteiger partial charge on any atom is 0.136 e. The third kappa shape index (κ3) is 5.67. The third-order valence-corrected chi connectivity index (χ3v) is 4.03. The zero-order chi connectivity index (χ0) is 12.7. The lowest BCUT2D eigenvalue weighted by atomic mass is 9.78. The molecule has 0 amide bonds. The lowest BCUT2D eigenvalue weighted by Gasteiger charge is -2.26. The molecule has 1 rings (SSSR count). The molecular weight excluding hydrogens is 210 g/mol. The van der Waals surface area contributed by atoms with Gasteiger partial charge in [0.2, 0.25) is 0 Å². The second-order valence-electron chi connectivity index (χ2n) is 5.80. The molecule has 1 fully saturated rings. The number of ketones is 1. The van der Waals surface area contributed by atoms with Gasteiger partial charge in [-0.25, -0.2) is 0 Å². The normalized spacial score (nSPS) is 25.2. The first kappa shape index (κ1) is 14.7. The number of carbonyl (C=O) groups excluding carboxylic acids is 1. The van der Waals surface area contributed by atoms with E-state index in [9.17, 15) is 4.79 Å². The summed E-state index contributed by atoms with van der Waals surface area (Å²) in [7, 11) is 0. The Hall–Kier alpha value is -0.370. The van der Waals surface area contributed by atoms with Crippen molar-refractivity contribution in [3.63, 3.8) is 0 Å². The number of hydrogen-bond acceptors (Lipinski definition) is 2. The van der Waals surface area contributed by atoms with Crippen LogP contribution in [0.5, 0.6) is 0 Å². The van der Waals surface area contributed by atoms with E-state index in [1.807, 2.05) is 0 Å². The number of Topliss-reactive ketones (excluding diaryl/α,β-unsaturated/α-hetero) is 1. The molecule has 0 bridgehead atoms. The van der Waals surface area contributed by atoms with Crippen molar-refractivity contribution in [1.29, 1.82) is 0 Å². The van der Waals surface area contributed by atoms with Gasteiger partial charge >= 0.3 is 0 Å². The van der Waals surface area contributed by atoms with Crippen molar-refractivity contribution in [1.82, 2.24) is 5.32 Å². The van der Waals surface area contributed by atoms with E-state index in [1.165, 1.54) is 19.3 Å². The molecule has 0 spiro atoms. The highest BCUT2D eigenvalue weighted by Crippen LogP contribution is 2.31. The van der Waals surface area contributed by atoms with Crippen LogP contribution in [0.3, 0.4) is 0 Å². The van der Waals surface area contributed by atoms with Crippen molar-refractivity contribution in [3.8, 4) is 0 Å². The number of rotatable bonds is 7. The minimum absolute atomic E-state index is 0.386. The molecule has 17 heavy (non-hydrogen) atoms. The number of hydrogen-bond donors (Lipinski definition) is 1. The predicted molar refractivity (Wildman–Crippen MR) is 73.1 cm³/mol. The summed E-state index contributed by atoms with van der Waals surface area (Å²) < 4.78 is 0. The highest BCUT2D eigenvalue weighted by Gasteiger charge is 2.24. The summed E-state index contributed by atoms with van der Waals surface area (Å²) in [5, 5.41) is 3.37. The Morgan fingerprint density at radius 2 is 1.88 bits per heavy atom. The van der Waals surface area contributed by atoms with Gasteiger partial charge in [-0.05, 0) is 44.6 Å². The van der Waals surface area contributed by atoms with Crippen LogP contribution >= 0.6 is 0 Å². The van der Waals surface area contributed by atoms with Crippen LogP contribution < -0.4 is 5.32 Å². The van der Waals surface area contributed by atoms with E-state index in [4.69, 9.17) is 0 Å². The van der Waals surface area contributed by atoms with Gasteiger partial charge in [0.05, 0.1) is 0 Å². The van der Waals surface area contributed by atoms with Gasteiger partial charge < -0.3 is 5.32 Å². The summed E-state index contributed by atoms with van der Waals surface area (Å²) in [6, 6.07) is 0.532. The van der Waals surface area contributed by atoms with Gasteiger partial charge in [-0.2, -0.15) is 0 Å². The third-order valence-electron chi connectivity index (χ3n) is 4.03. The molecule has 1 aliphatic carbocycles. The average Bonchev–Trinajstić information content (AvgIpc) is 2.34. The Kier molecular flexibility index (Phi) is 6.79. The highest BCUT2D eigenvalue weighted by molar-refractivity contribution is 5.81. The average molecular weight is 239 g/mol. The van der Waals surface area contributed by atoms with Crippen LogP contribution in [0, 0.1) is 11.8 Å². The second-order valence-corrected chi connectivity index (χ2v) is 5.80. The molecule has 100 valence electrons. The van der Waals surface area contributed by atoms with Gasteiger partial charge in [-0.1, -0.05) is 27.2 Å². The number of nitrogens with one attached hydrogen (secondary N) is 1. The van der Waals surface area contributed by atoms with Crippen LogP contribution in [-0.4, -0.2) is 18.4 Å². The first-order valence-electron chi connectivity index (χ1n) is 7.39. The first-order chi connectivity index (χ1) is 8.13. The Balaban J connectivity index is 2.12.